The second kappa shape index (κ2) is 18.5. The van der Waals surface area contributed by atoms with Gasteiger partial charge >= 0.3 is 0 Å². The van der Waals surface area contributed by atoms with Crippen molar-refractivity contribution < 1.29 is 20.1 Å². The molecule has 0 aliphatic carbocycles. The van der Waals surface area contributed by atoms with E-state index in [0.29, 0.717) is 0 Å². The van der Waals surface area contributed by atoms with Crippen molar-refractivity contribution in [3.8, 4) is 0 Å². The summed E-state index contributed by atoms with van der Waals surface area (Å²) < 4.78 is 0. The van der Waals surface area contributed by atoms with Gasteiger partial charge in [-0.2, -0.15) is 0 Å². The number of carbonyl (C=O) groups excluding carboxylic acids is 1. The van der Waals surface area contributed by atoms with Gasteiger partial charge in [-0.1, -0.05) is 83.3 Å². The molecule has 0 aliphatic heterocycles. The molecule has 0 aromatic rings. The van der Waals surface area contributed by atoms with Crippen LogP contribution in [0.2, 0.25) is 0 Å². The van der Waals surface area contributed by atoms with E-state index in [1.165, 1.54) is 71.1 Å². The van der Waals surface area contributed by atoms with Crippen LogP contribution in [0.25, 0.3) is 0 Å². The predicted octanol–water partition coefficient (Wildman–Crippen LogP) is 3.85. The minimum atomic E-state index is -0.916. The molecule has 5 heteroatoms. The lowest BCUT2D eigenvalue weighted by Gasteiger charge is -2.20. The summed E-state index contributed by atoms with van der Waals surface area (Å²) in [5.41, 5.74) is 0. The average Bonchev–Trinajstić information content (AvgIpc) is 2.62. The maximum absolute atomic E-state index is 11.6. The number of aliphatic hydroxyl groups is 3. The molecule has 0 saturated heterocycles. The molecule has 2 unspecified atom stereocenters. The summed E-state index contributed by atoms with van der Waals surface area (Å²) in [6.45, 7) is 3.44. The Bertz CT molecular complexity index is 371. The van der Waals surface area contributed by atoms with Gasteiger partial charge in [-0.25, -0.2) is 0 Å². The molecule has 0 saturated carbocycles. The van der Waals surface area contributed by atoms with E-state index in [2.05, 4.69) is 12.2 Å². The molecule has 1 amide bonds. The Morgan fingerprint density at radius 1 is 0.926 bits per heavy atom. The fraction of sp³-hybridized carbons (Fsp3) is 0.864. The average molecular weight is 386 g/mol. The maximum atomic E-state index is 11.6. The van der Waals surface area contributed by atoms with Crippen LogP contribution < -0.4 is 5.32 Å². The van der Waals surface area contributed by atoms with Gasteiger partial charge in [0.1, 0.15) is 0 Å². The van der Waals surface area contributed by atoms with Crippen LogP contribution in [0.5, 0.6) is 0 Å². The van der Waals surface area contributed by atoms with Crippen LogP contribution in [0.3, 0.4) is 0 Å². The highest BCUT2D eigenvalue weighted by Crippen LogP contribution is 2.12. The highest BCUT2D eigenvalue weighted by molar-refractivity contribution is 5.76. The molecular weight excluding hydrogens is 342 g/mol. The number of carbonyl (C=O) groups is 1. The molecule has 27 heavy (non-hydrogen) atoms. The number of hydrogen-bond acceptors (Lipinski definition) is 4. The molecule has 3 atom stereocenters. The van der Waals surface area contributed by atoms with Gasteiger partial charge < -0.3 is 20.6 Å². The molecule has 5 nitrogen and oxygen atoms in total. The molecule has 0 fully saturated rings. The van der Waals surface area contributed by atoms with Crippen molar-refractivity contribution >= 4 is 5.91 Å². The molecule has 0 aromatic carbocycles. The van der Waals surface area contributed by atoms with E-state index < -0.39 is 18.2 Å². The number of amides is 1. The molecule has 0 rings (SSSR count). The molecular formula is C22H43NO4. The molecule has 0 aliphatic rings. The Labute approximate surface area is 166 Å². The van der Waals surface area contributed by atoms with Gasteiger partial charge in [0, 0.05) is 0 Å². The van der Waals surface area contributed by atoms with Gasteiger partial charge in [0.2, 0.25) is 5.91 Å². The Morgan fingerprint density at radius 2 is 1.44 bits per heavy atom. The fourth-order valence-electron chi connectivity index (χ4n) is 3.07. The van der Waals surface area contributed by atoms with Crippen LogP contribution >= 0.6 is 0 Å². The first-order valence-corrected chi connectivity index (χ1v) is 10.9. The molecule has 0 bridgehead atoms. The molecule has 0 heterocycles. The van der Waals surface area contributed by atoms with Gasteiger partial charge in [-0.05, 0) is 19.8 Å². The third kappa shape index (κ3) is 17.0. The van der Waals surface area contributed by atoms with Crippen molar-refractivity contribution in [2.75, 3.05) is 6.61 Å². The van der Waals surface area contributed by atoms with E-state index >= 15 is 0 Å². The van der Waals surface area contributed by atoms with Crippen molar-refractivity contribution in [1.82, 2.24) is 5.32 Å². The van der Waals surface area contributed by atoms with Gasteiger partial charge in [0.15, 0.2) is 0 Å². The zero-order valence-corrected chi connectivity index (χ0v) is 17.5. The topological polar surface area (TPSA) is 89.8 Å². The summed E-state index contributed by atoms with van der Waals surface area (Å²) in [4.78, 5) is 11.6. The normalized spacial score (nSPS) is 15.0. The standard InChI is InChI=1S/C22H43NO4/c1-3-4-5-6-7-8-9-10-11-12-13-14-15-16-21(26)20(18-24)23-22(27)17-19(2)25/h15-16,19-21,24-26H,3-14,17-18H2,1-2H3,(H,23,27)/t19-,20?,21?/m1/s1. The van der Waals surface area contributed by atoms with E-state index in [1.807, 2.05) is 6.08 Å². The summed E-state index contributed by atoms with van der Waals surface area (Å²) in [7, 11) is 0. The highest BCUT2D eigenvalue weighted by Gasteiger charge is 2.18. The second-order valence-corrected chi connectivity index (χ2v) is 7.65. The van der Waals surface area contributed by atoms with Gasteiger partial charge in [-0.15, -0.1) is 0 Å². The SMILES string of the molecule is CCCCCCCCCCCCCC=CC(O)C(CO)NC(=O)C[C@@H](C)O. The first-order chi connectivity index (χ1) is 13.0. The lowest BCUT2D eigenvalue weighted by molar-refractivity contribution is -0.124. The smallest absolute Gasteiger partial charge is 0.222 e. The van der Waals surface area contributed by atoms with Crippen LogP contribution in [-0.2, 0) is 4.79 Å². The monoisotopic (exact) mass is 385 g/mol. The summed E-state index contributed by atoms with van der Waals surface area (Å²) in [6.07, 6.45) is 17.2. The van der Waals surface area contributed by atoms with Crippen molar-refractivity contribution in [3.05, 3.63) is 12.2 Å². The van der Waals surface area contributed by atoms with Crippen LogP contribution in [0.15, 0.2) is 12.2 Å². The number of unbranched alkanes of at least 4 members (excludes halogenated alkanes) is 11. The number of nitrogens with one attached hydrogen (secondary N) is 1. The molecule has 0 spiro atoms. The third-order valence-electron chi connectivity index (χ3n) is 4.74. The van der Waals surface area contributed by atoms with E-state index in [9.17, 15) is 20.1 Å². The molecule has 4 N–H and O–H groups in total. The summed E-state index contributed by atoms with van der Waals surface area (Å²) in [5.74, 6) is -0.373. The Kier molecular flexibility index (Phi) is 17.8. The Balaban J connectivity index is 3.66. The van der Waals surface area contributed by atoms with Gasteiger partial charge in [-0.3, -0.25) is 4.79 Å². The van der Waals surface area contributed by atoms with Gasteiger partial charge in [0.25, 0.3) is 0 Å². The highest BCUT2D eigenvalue weighted by atomic mass is 16.3. The fourth-order valence-corrected chi connectivity index (χ4v) is 3.07. The quantitative estimate of drug-likeness (QED) is 0.213. The largest absolute Gasteiger partial charge is 0.394 e. The first kappa shape index (κ1) is 26.1. The lowest BCUT2D eigenvalue weighted by atomic mass is 10.0. The van der Waals surface area contributed by atoms with E-state index in [1.54, 1.807) is 6.08 Å². The van der Waals surface area contributed by atoms with Crippen LogP contribution in [-0.4, -0.2) is 46.1 Å². The maximum Gasteiger partial charge on any atom is 0.222 e. The van der Waals surface area contributed by atoms with Crippen molar-refractivity contribution in [2.24, 2.45) is 0 Å². The van der Waals surface area contributed by atoms with Crippen LogP contribution in [0, 0.1) is 0 Å². The predicted molar refractivity (Wildman–Crippen MR) is 112 cm³/mol. The molecule has 0 radical (unpaired) electrons. The first-order valence-electron chi connectivity index (χ1n) is 10.9. The zero-order valence-electron chi connectivity index (χ0n) is 17.5. The van der Waals surface area contributed by atoms with Crippen LogP contribution in [0.1, 0.15) is 97.3 Å². The number of rotatable bonds is 18. The van der Waals surface area contributed by atoms with E-state index in [-0.39, 0.29) is 18.9 Å². The number of hydrogen-bond donors (Lipinski definition) is 4. The van der Waals surface area contributed by atoms with Crippen molar-refractivity contribution in [2.45, 2.75) is 116 Å². The van der Waals surface area contributed by atoms with Gasteiger partial charge in [0.05, 0.1) is 31.3 Å². The summed E-state index contributed by atoms with van der Waals surface area (Å²) in [6, 6.07) is -0.732. The number of aliphatic hydroxyl groups excluding tert-OH is 3. The van der Waals surface area contributed by atoms with E-state index in [4.69, 9.17) is 0 Å². The third-order valence-corrected chi connectivity index (χ3v) is 4.74. The minimum absolute atomic E-state index is 0.0360. The minimum Gasteiger partial charge on any atom is -0.394 e. The zero-order chi connectivity index (χ0) is 20.3. The Hall–Kier alpha value is -0.910. The van der Waals surface area contributed by atoms with Crippen molar-refractivity contribution in [1.29, 1.82) is 0 Å². The molecule has 0 aromatic heterocycles. The summed E-state index contributed by atoms with van der Waals surface area (Å²) >= 11 is 0. The number of allylic oxidation sites excluding steroid dienone is 1. The lowest BCUT2D eigenvalue weighted by Crippen LogP contribution is -2.45. The second-order valence-electron chi connectivity index (χ2n) is 7.65. The van der Waals surface area contributed by atoms with Crippen LogP contribution in [0.4, 0.5) is 0 Å². The van der Waals surface area contributed by atoms with Crippen molar-refractivity contribution in [3.63, 3.8) is 0 Å². The summed E-state index contributed by atoms with van der Waals surface area (Å²) in [5, 5.41) is 31.1. The van der Waals surface area contributed by atoms with E-state index in [0.717, 1.165) is 12.8 Å². The molecule has 160 valence electrons. The Morgan fingerprint density at radius 3 is 1.93 bits per heavy atom.